The highest BCUT2D eigenvalue weighted by molar-refractivity contribution is 5.92. The van der Waals surface area contributed by atoms with Gasteiger partial charge in [-0.05, 0) is 76.2 Å². The molecule has 2 rings (SSSR count). The number of likely N-dealkylation sites (tertiary alicyclic amines) is 1. The van der Waals surface area contributed by atoms with Gasteiger partial charge in [-0.3, -0.25) is 28.9 Å². The Morgan fingerprint density at radius 1 is 0.935 bits per heavy atom. The van der Waals surface area contributed by atoms with Crippen molar-refractivity contribution in [2.45, 2.75) is 124 Å². The molecule has 1 saturated heterocycles. The zero-order valence-corrected chi connectivity index (χ0v) is 29.0. The van der Waals surface area contributed by atoms with Gasteiger partial charge >= 0.3 is 5.97 Å². The first-order valence-corrected chi connectivity index (χ1v) is 16.8. The van der Waals surface area contributed by atoms with Crippen molar-refractivity contribution in [1.29, 1.82) is 0 Å². The number of esters is 1. The van der Waals surface area contributed by atoms with Crippen LogP contribution in [-0.2, 0) is 30.4 Å². The van der Waals surface area contributed by atoms with E-state index < -0.39 is 34.9 Å². The summed E-state index contributed by atoms with van der Waals surface area (Å²) in [7, 11) is 0. The van der Waals surface area contributed by atoms with E-state index in [1.165, 1.54) is 0 Å². The summed E-state index contributed by atoms with van der Waals surface area (Å²) < 4.78 is 5.50. The standard InChI is InChI=1S/C35H57N5O6/c1-8-10-11-14-28(41)37-27(21-25-15-17-26(18-16-25)46-29(42)22-40-19-12-13-20-40)31(43)38-30(24(3)9-2)32(44)39-35(6,7)23-34(4,5)33(36)45/h15-18,24,27,30H,8-14,19-23H2,1-7H3,(H2,36,45)(H,37,41)(H,38,43)(H,39,44). The molecule has 258 valence electrons. The van der Waals surface area contributed by atoms with Crippen LogP contribution in [0.4, 0.5) is 0 Å². The van der Waals surface area contributed by atoms with Crippen molar-refractivity contribution in [2.24, 2.45) is 17.1 Å². The quantitative estimate of drug-likeness (QED) is 0.102. The van der Waals surface area contributed by atoms with Crippen LogP contribution in [0.25, 0.3) is 0 Å². The number of benzene rings is 1. The molecular weight excluding hydrogens is 586 g/mol. The summed E-state index contributed by atoms with van der Waals surface area (Å²) in [5.74, 6) is -1.66. The van der Waals surface area contributed by atoms with Crippen molar-refractivity contribution >= 4 is 29.6 Å². The fourth-order valence-corrected chi connectivity index (χ4v) is 5.83. The first-order chi connectivity index (χ1) is 21.6. The fourth-order valence-electron chi connectivity index (χ4n) is 5.83. The minimum absolute atomic E-state index is 0.181. The second-order valence-electron chi connectivity index (χ2n) is 14.1. The van der Waals surface area contributed by atoms with Crippen molar-refractivity contribution < 1.29 is 28.7 Å². The molecule has 0 aliphatic carbocycles. The Balaban J connectivity index is 2.18. The molecule has 0 radical (unpaired) electrons. The van der Waals surface area contributed by atoms with Crippen molar-refractivity contribution in [3.05, 3.63) is 29.8 Å². The van der Waals surface area contributed by atoms with Crippen LogP contribution >= 0.6 is 0 Å². The van der Waals surface area contributed by atoms with Gasteiger partial charge in [-0.1, -0.05) is 66.0 Å². The van der Waals surface area contributed by atoms with Gasteiger partial charge in [-0.2, -0.15) is 0 Å². The van der Waals surface area contributed by atoms with Gasteiger partial charge in [0.15, 0.2) is 0 Å². The van der Waals surface area contributed by atoms with E-state index in [9.17, 15) is 24.0 Å². The van der Waals surface area contributed by atoms with Crippen LogP contribution in [0.15, 0.2) is 24.3 Å². The number of nitrogens with zero attached hydrogens (tertiary/aromatic N) is 1. The molecule has 4 amide bonds. The summed E-state index contributed by atoms with van der Waals surface area (Å²) >= 11 is 0. The highest BCUT2D eigenvalue weighted by Crippen LogP contribution is 2.28. The molecule has 1 aromatic carbocycles. The van der Waals surface area contributed by atoms with E-state index in [2.05, 4.69) is 27.8 Å². The molecule has 11 nitrogen and oxygen atoms in total. The van der Waals surface area contributed by atoms with E-state index in [-0.39, 0.29) is 36.7 Å². The number of hydrogen-bond donors (Lipinski definition) is 4. The Hall–Kier alpha value is -3.47. The normalized spacial score (nSPS) is 15.8. The maximum Gasteiger partial charge on any atom is 0.325 e. The highest BCUT2D eigenvalue weighted by Gasteiger charge is 2.37. The maximum atomic E-state index is 13.8. The van der Waals surface area contributed by atoms with Gasteiger partial charge in [0.05, 0.1) is 6.54 Å². The lowest BCUT2D eigenvalue weighted by Gasteiger charge is -2.36. The SMILES string of the molecule is CCCCCC(=O)NC(Cc1ccc(OC(=O)CN2CCCC2)cc1)C(=O)NC(C(=O)NC(C)(C)CC(C)(C)C(N)=O)C(C)CC. The summed E-state index contributed by atoms with van der Waals surface area (Å²) in [6, 6.07) is 5.10. The van der Waals surface area contributed by atoms with Gasteiger partial charge < -0.3 is 26.4 Å². The second kappa shape index (κ2) is 18.0. The molecule has 0 spiro atoms. The summed E-state index contributed by atoms with van der Waals surface area (Å²) in [5, 5.41) is 8.79. The van der Waals surface area contributed by atoms with E-state index in [0.717, 1.165) is 44.3 Å². The predicted octanol–water partition coefficient (Wildman–Crippen LogP) is 3.62. The molecule has 46 heavy (non-hydrogen) atoms. The molecule has 0 saturated carbocycles. The number of rotatable bonds is 19. The highest BCUT2D eigenvalue weighted by atomic mass is 16.5. The van der Waals surface area contributed by atoms with Crippen LogP contribution in [0.5, 0.6) is 5.75 Å². The fraction of sp³-hybridized carbons (Fsp3) is 0.686. The molecule has 1 heterocycles. The second-order valence-corrected chi connectivity index (χ2v) is 14.1. The zero-order chi connectivity index (χ0) is 34.5. The van der Waals surface area contributed by atoms with Gasteiger partial charge in [0, 0.05) is 23.8 Å². The molecule has 3 unspecified atom stereocenters. The lowest BCUT2D eigenvalue weighted by molar-refractivity contribution is -0.135. The van der Waals surface area contributed by atoms with Gasteiger partial charge in [-0.15, -0.1) is 0 Å². The predicted molar refractivity (Wildman–Crippen MR) is 179 cm³/mol. The number of carbonyl (C=O) groups is 5. The summed E-state index contributed by atoms with van der Waals surface area (Å²) in [4.78, 5) is 66.6. The Morgan fingerprint density at radius 3 is 2.13 bits per heavy atom. The molecule has 1 aromatic rings. The van der Waals surface area contributed by atoms with Crippen LogP contribution in [0, 0.1) is 11.3 Å². The van der Waals surface area contributed by atoms with Crippen molar-refractivity contribution in [3.63, 3.8) is 0 Å². The minimum Gasteiger partial charge on any atom is -0.426 e. The number of nitrogens with one attached hydrogen (secondary N) is 3. The number of carbonyl (C=O) groups excluding carboxylic acids is 5. The Morgan fingerprint density at radius 2 is 1.57 bits per heavy atom. The van der Waals surface area contributed by atoms with Crippen LogP contribution in [0.3, 0.4) is 0 Å². The largest absolute Gasteiger partial charge is 0.426 e. The van der Waals surface area contributed by atoms with Crippen molar-refractivity contribution in [1.82, 2.24) is 20.9 Å². The number of nitrogens with two attached hydrogens (primary N) is 1. The minimum atomic E-state index is -0.932. The maximum absolute atomic E-state index is 13.8. The van der Waals surface area contributed by atoms with Crippen LogP contribution in [0.1, 0.15) is 105 Å². The molecule has 1 aliphatic rings. The third-order valence-corrected chi connectivity index (χ3v) is 8.61. The van der Waals surface area contributed by atoms with E-state index in [0.29, 0.717) is 31.4 Å². The third-order valence-electron chi connectivity index (χ3n) is 8.61. The molecule has 0 bridgehead atoms. The lowest BCUT2D eigenvalue weighted by atomic mass is 9.79. The van der Waals surface area contributed by atoms with Crippen LogP contribution in [-0.4, -0.2) is 71.8 Å². The number of primary amides is 1. The first kappa shape index (κ1) is 38.7. The van der Waals surface area contributed by atoms with E-state index in [1.807, 2.05) is 27.7 Å². The molecule has 11 heteroatoms. The summed E-state index contributed by atoms with van der Waals surface area (Å²) in [6.45, 7) is 15.0. The third kappa shape index (κ3) is 13.1. The molecule has 5 N–H and O–H groups in total. The monoisotopic (exact) mass is 643 g/mol. The average Bonchev–Trinajstić information content (AvgIpc) is 3.48. The zero-order valence-electron chi connectivity index (χ0n) is 29.0. The molecule has 3 atom stereocenters. The van der Waals surface area contributed by atoms with Crippen molar-refractivity contribution in [2.75, 3.05) is 19.6 Å². The Labute approximate surface area is 275 Å². The Kier molecular flexibility index (Phi) is 15.2. The molecule has 1 aliphatic heterocycles. The number of ether oxygens (including phenoxy) is 1. The molecule has 1 fully saturated rings. The summed E-state index contributed by atoms with van der Waals surface area (Å²) in [5.41, 5.74) is 4.70. The van der Waals surface area contributed by atoms with E-state index in [4.69, 9.17) is 10.5 Å². The van der Waals surface area contributed by atoms with E-state index in [1.54, 1.807) is 38.1 Å². The first-order valence-electron chi connectivity index (χ1n) is 16.8. The molecule has 0 aromatic heterocycles. The average molecular weight is 644 g/mol. The van der Waals surface area contributed by atoms with Crippen LogP contribution < -0.4 is 26.4 Å². The number of hydrogen-bond acceptors (Lipinski definition) is 7. The van der Waals surface area contributed by atoms with Crippen molar-refractivity contribution in [3.8, 4) is 5.75 Å². The van der Waals surface area contributed by atoms with Crippen LogP contribution in [0.2, 0.25) is 0 Å². The van der Waals surface area contributed by atoms with Gasteiger partial charge in [0.1, 0.15) is 17.8 Å². The molecular formula is C35H57N5O6. The smallest absolute Gasteiger partial charge is 0.325 e. The lowest BCUT2D eigenvalue weighted by Crippen LogP contribution is -2.59. The Bertz CT molecular complexity index is 1180. The van der Waals surface area contributed by atoms with Gasteiger partial charge in [-0.25, -0.2) is 0 Å². The van der Waals surface area contributed by atoms with E-state index >= 15 is 0 Å². The number of unbranched alkanes of at least 4 members (excludes halogenated alkanes) is 2. The number of amides is 4. The van der Waals surface area contributed by atoms with Gasteiger partial charge in [0.2, 0.25) is 23.6 Å². The van der Waals surface area contributed by atoms with Gasteiger partial charge in [0.25, 0.3) is 0 Å². The summed E-state index contributed by atoms with van der Waals surface area (Å²) in [6.07, 6.45) is 6.15. The topological polar surface area (TPSA) is 160 Å².